The van der Waals surface area contributed by atoms with E-state index in [1.807, 2.05) is 31.2 Å². The van der Waals surface area contributed by atoms with Crippen LogP contribution in [0, 0.1) is 12.7 Å². The highest BCUT2D eigenvalue weighted by Gasteiger charge is 2.26. The lowest BCUT2D eigenvalue weighted by atomic mass is 10.0. The fourth-order valence-electron chi connectivity index (χ4n) is 2.89. The molecule has 5 heteroatoms. The Morgan fingerprint density at radius 1 is 1.35 bits per heavy atom. The maximum absolute atomic E-state index is 13.4. The molecule has 0 aliphatic carbocycles. The topological polar surface area (TPSA) is 41.9 Å². The van der Waals surface area contributed by atoms with Crippen molar-refractivity contribution in [1.82, 2.24) is 4.90 Å². The van der Waals surface area contributed by atoms with Crippen molar-refractivity contribution >= 4 is 11.6 Å². The van der Waals surface area contributed by atoms with E-state index in [1.54, 1.807) is 17.0 Å². The van der Waals surface area contributed by atoms with E-state index >= 15 is 0 Å². The fourth-order valence-corrected chi connectivity index (χ4v) is 2.89. The Balaban J connectivity index is 1.67. The third-order valence-electron chi connectivity index (χ3n) is 4.25. The van der Waals surface area contributed by atoms with E-state index in [9.17, 15) is 9.18 Å². The van der Waals surface area contributed by atoms with Gasteiger partial charge in [-0.2, -0.15) is 0 Å². The molecule has 26 heavy (non-hydrogen) atoms. The number of carbonyl (C=O) groups is 1. The fraction of sp³-hybridized carbons (Fsp3) is 0.238. The highest BCUT2D eigenvalue weighted by molar-refractivity contribution is 6.01. The lowest BCUT2D eigenvalue weighted by Crippen LogP contribution is -2.37. The summed E-state index contributed by atoms with van der Waals surface area (Å²) in [5.41, 5.74) is 3.38. The average Bonchev–Trinajstić information content (AvgIpc) is 3.10. The predicted octanol–water partition coefficient (Wildman–Crippen LogP) is 3.96. The monoisotopic (exact) mass is 352 g/mol. The van der Waals surface area contributed by atoms with Crippen LogP contribution in [0.5, 0.6) is 0 Å². The van der Waals surface area contributed by atoms with Gasteiger partial charge in [0.05, 0.1) is 12.3 Å². The third-order valence-corrected chi connectivity index (χ3v) is 4.25. The third kappa shape index (κ3) is 4.17. The molecule has 1 heterocycles. The standard InChI is InChI=1S/C21H21FN2O2/c1-3-11-24(21(25)17-5-4-6-18(22)12-17)14-19-13-20(23-26-19)16-9-7-15(2)8-10-16/h3-10,12,19H,1,11,13-14H2,2H3. The summed E-state index contributed by atoms with van der Waals surface area (Å²) < 4.78 is 13.4. The van der Waals surface area contributed by atoms with Gasteiger partial charge in [-0.3, -0.25) is 4.79 Å². The minimum absolute atomic E-state index is 0.233. The molecule has 0 fully saturated rings. The first-order chi connectivity index (χ1) is 12.6. The second-order valence-electron chi connectivity index (χ2n) is 6.34. The van der Waals surface area contributed by atoms with E-state index in [4.69, 9.17) is 4.84 Å². The van der Waals surface area contributed by atoms with E-state index in [0.29, 0.717) is 25.1 Å². The van der Waals surface area contributed by atoms with E-state index in [0.717, 1.165) is 11.3 Å². The van der Waals surface area contributed by atoms with Crippen molar-refractivity contribution in [2.45, 2.75) is 19.4 Å². The molecule has 1 atom stereocenters. The van der Waals surface area contributed by atoms with Crippen molar-refractivity contribution in [1.29, 1.82) is 0 Å². The molecule has 2 aromatic carbocycles. The van der Waals surface area contributed by atoms with E-state index in [2.05, 4.69) is 11.7 Å². The van der Waals surface area contributed by atoms with Gasteiger partial charge in [-0.05, 0) is 30.7 Å². The minimum atomic E-state index is -0.434. The molecule has 0 saturated heterocycles. The van der Waals surface area contributed by atoms with Crippen molar-refractivity contribution in [3.8, 4) is 0 Å². The van der Waals surface area contributed by atoms with Gasteiger partial charge in [0.15, 0.2) is 6.10 Å². The van der Waals surface area contributed by atoms with Crippen LogP contribution in [0.3, 0.4) is 0 Å². The lowest BCUT2D eigenvalue weighted by Gasteiger charge is -2.23. The highest BCUT2D eigenvalue weighted by Crippen LogP contribution is 2.19. The number of benzene rings is 2. The molecule has 1 amide bonds. The molecule has 2 aromatic rings. The number of aryl methyl sites for hydroxylation is 1. The summed E-state index contributed by atoms with van der Waals surface area (Å²) in [5, 5.41) is 4.17. The van der Waals surface area contributed by atoms with Crippen LogP contribution in [0.15, 0.2) is 66.3 Å². The zero-order valence-electron chi connectivity index (χ0n) is 14.7. The summed E-state index contributed by atoms with van der Waals surface area (Å²) in [6.45, 7) is 6.45. The quantitative estimate of drug-likeness (QED) is 0.739. The number of nitrogens with zero attached hydrogens (tertiary/aromatic N) is 2. The number of hydrogen-bond donors (Lipinski definition) is 0. The number of rotatable bonds is 6. The number of amides is 1. The maximum Gasteiger partial charge on any atom is 0.254 e. The molecule has 0 bridgehead atoms. The smallest absolute Gasteiger partial charge is 0.254 e. The minimum Gasteiger partial charge on any atom is -0.390 e. The van der Waals surface area contributed by atoms with Crippen LogP contribution in [0.4, 0.5) is 4.39 Å². The van der Waals surface area contributed by atoms with Crippen molar-refractivity contribution in [3.63, 3.8) is 0 Å². The second kappa shape index (κ2) is 7.95. The van der Waals surface area contributed by atoms with Gasteiger partial charge < -0.3 is 9.74 Å². The number of carbonyl (C=O) groups excluding carboxylic acids is 1. The van der Waals surface area contributed by atoms with Crippen LogP contribution in [-0.4, -0.2) is 35.7 Å². The Bertz CT molecular complexity index is 830. The first kappa shape index (κ1) is 17.9. The molecule has 134 valence electrons. The SMILES string of the molecule is C=CCN(CC1CC(c2ccc(C)cc2)=NO1)C(=O)c1cccc(F)c1. The van der Waals surface area contributed by atoms with Gasteiger partial charge in [0, 0.05) is 18.5 Å². The number of hydrogen-bond acceptors (Lipinski definition) is 3. The second-order valence-corrected chi connectivity index (χ2v) is 6.34. The van der Waals surface area contributed by atoms with Crippen LogP contribution in [0.1, 0.15) is 27.9 Å². The molecular weight excluding hydrogens is 331 g/mol. The van der Waals surface area contributed by atoms with E-state index in [-0.39, 0.29) is 12.0 Å². The number of halogens is 1. The molecule has 0 N–H and O–H groups in total. The van der Waals surface area contributed by atoms with Gasteiger partial charge >= 0.3 is 0 Å². The Hall–Kier alpha value is -2.95. The summed E-state index contributed by atoms with van der Waals surface area (Å²) in [6, 6.07) is 13.8. The molecule has 1 aliphatic rings. The van der Waals surface area contributed by atoms with Crippen molar-refractivity contribution in [3.05, 3.63) is 83.7 Å². The molecular formula is C21H21FN2O2. The molecule has 0 spiro atoms. The Labute approximate surface area is 152 Å². The summed E-state index contributed by atoms with van der Waals surface area (Å²) in [5.74, 6) is -0.687. The van der Waals surface area contributed by atoms with Gasteiger partial charge in [0.25, 0.3) is 5.91 Å². The lowest BCUT2D eigenvalue weighted by molar-refractivity contribution is 0.0449. The Kier molecular flexibility index (Phi) is 5.46. The summed E-state index contributed by atoms with van der Waals surface area (Å²) in [6.07, 6.45) is 2.03. The zero-order chi connectivity index (χ0) is 18.5. The zero-order valence-corrected chi connectivity index (χ0v) is 14.7. The van der Waals surface area contributed by atoms with Crippen LogP contribution in [0.25, 0.3) is 0 Å². The van der Waals surface area contributed by atoms with Crippen molar-refractivity contribution in [2.24, 2.45) is 5.16 Å². The summed E-state index contributed by atoms with van der Waals surface area (Å²) in [4.78, 5) is 19.8. The Morgan fingerprint density at radius 2 is 2.12 bits per heavy atom. The van der Waals surface area contributed by atoms with E-state index in [1.165, 1.54) is 23.8 Å². The summed E-state index contributed by atoms with van der Waals surface area (Å²) >= 11 is 0. The van der Waals surface area contributed by atoms with Gasteiger partial charge in [-0.1, -0.05) is 47.1 Å². The van der Waals surface area contributed by atoms with Crippen molar-refractivity contribution in [2.75, 3.05) is 13.1 Å². The van der Waals surface area contributed by atoms with Crippen LogP contribution in [-0.2, 0) is 4.84 Å². The first-order valence-corrected chi connectivity index (χ1v) is 8.52. The molecule has 0 saturated carbocycles. The molecule has 0 aromatic heterocycles. The van der Waals surface area contributed by atoms with Crippen LogP contribution >= 0.6 is 0 Å². The number of oxime groups is 1. The largest absolute Gasteiger partial charge is 0.390 e. The van der Waals surface area contributed by atoms with Crippen LogP contribution < -0.4 is 0 Å². The predicted molar refractivity (Wildman–Crippen MR) is 99.7 cm³/mol. The van der Waals surface area contributed by atoms with Gasteiger partial charge in [-0.25, -0.2) is 4.39 Å². The first-order valence-electron chi connectivity index (χ1n) is 8.52. The van der Waals surface area contributed by atoms with E-state index < -0.39 is 5.82 Å². The average molecular weight is 352 g/mol. The normalized spacial score (nSPS) is 15.9. The van der Waals surface area contributed by atoms with Gasteiger partial charge in [-0.15, -0.1) is 6.58 Å². The van der Waals surface area contributed by atoms with Gasteiger partial charge in [0.1, 0.15) is 5.82 Å². The molecule has 4 nitrogen and oxygen atoms in total. The molecule has 0 radical (unpaired) electrons. The van der Waals surface area contributed by atoms with Gasteiger partial charge in [0.2, 0.25) is 0 Å². The molecule has 3 rings (SSSR count). The molecule has 1 unspecified atom stereocenters. The van der Waals surface area contributed by atoms with Crippen molar-refractivity contribution < 1.29 is 14.0 Å². The highest BCUT2D eigenvalue weighted by atomic mass is 19.1. The Morgan fingerprint density at radius 3 is 2.81 bits per heavy atom. The van der Waals surface area contributed by atoms with Crippen LogP contribution in [0.2, 0.25) is 0 Å². The summed E-state index contributed by atoms with van der Waals surface area (Å²) in [7, 11) is 0. The molecule has 1 aliphatic heterocycles. The maximum atomic E-state index is 13.4.